The van der Waals surface area contributed by atoms with Crippen molar-refractivity contribution in [2.75, 3.05) is 7.11 Å². The number of ether oxygens (including phenoxy) is 1. The average Bonchev–Trinajstić information content (AvgIpc) is 2.20. The molecule has 0 fully saturated rings. The van der Waals surface area contributed by atoms with Crippen molar-refractivity contribution in [2.24, 2.45) is 0 Å². The Morgan fingerprint density at radius 1 is 1.60 bits per heavy atom. The Kier molecular flexibility index (Phi) is 3.79. The van der Waals surface area contributed by atoms with Crippen LogP contribution in [0.15, 0.2) is 16.6 Å². The van der Waals surface area contributed by atoms with Crippen LogP contribution >= 0.6 is 15.9 Å². The number of benzene rings is 1. The minimum atomic E-state index is -0.525. The molecule has 1 rings (SSSR count). The van der Waals surface area contributed by atoms with Gasteiger partial charge in [0.05, 0.1) is 22.1 Å². The molecule has 0 bridgehead atoms. The first kappa shape index (κ1) is 11.6. The van der Waals surface area contributed by atoms with Crippen molar-refractivity contribution in [1.29, 1.82) is 0 Å². The van der Waals surface area contributed by atoms with Crippen LogP contribution in [0.4, 0.5) is 5.69 Å². The smallest absolute Gasteiger partial charge is 0.274 e. The zero-order valence-corrected chi connectivity index (χ0v) is 9.48. The van der Waals surface area contributed by atoms with E-state index in [0.29, 0.717) is 22.1 Å². The lowest BCUT2D eigenvalue weighted by Gasteiger charge is -2.07. The van der Waals surface area contributed by atoms with E-state index in [-0.39, 0.29) is 12.1 Å². The Morgan fingerprint density at radius 3 is 2.73 bits per heavy atom. The van der Waals surface area contributed by atoms with E-state index < -0.39 is 4.92 Å². The molecule has 0 saturated heterocycles. The van der Waals surface area contributed by atoms with Gasteiger partial charge in [0.2, 0.25) is 0 Å². The number of hydrogen-bond donors (Lipinski definition) is 0. The molecule has 6 heteroatoms. The fourth-order valence-corrected chi connectivity index (χ4v) is 1.85. The van der Waals surface area contributed by atoms with Gasteiger partial charge in [-0.15, -0.1) is 0 Å². The number of aldehydes is 1. The molecule has 0 amide bonds. The SMILES string of the molecule is COc1ccc([N+](=O)[O-])c(CC=O)c1Br. The van der Waals surface area contributed by atoms with E-state index in [0.717, 1.165) is 0 Å². The second-order valence-corrected chi connectivity index (χ2v) is 3.50. The van der Waals surface area contributed by atoms with E-state index in [1.54, 1.807) is 0 Å². The van der Waals surface area contributed by atoms with Crippen LogP contribution in [0.25, 0.3) is 0 Å². The van der Waals surface area contributed by atoms with Crippen molar-refractivity contribution >= 4 is 27.9 Å². The molecule has 15 heavy (non-hydrogen) atoms. The van der Waals surface area contributed by atoms with Crippen LogP contribution in [-0.4, -0.2) is 18.3 Å². The molecular formula is C9H8BrNO4. The van der Waals surface area contributed by atoms with Crippen LogP contribution in [0.2, 0.25) is 0 Å². The van der Waals surface area contributed by atoms with Crippen LogP contribution in [-0.2, 0) is 11.2 Å². The maximum absolute atomic E-state index is 10.7. The molecule has 0 atom stereocenters. The van der Waals surface area contributed by atoms with Gasteiger partial charge in [-0.25, -0.2) is 0 Å². The van der Waals surface area contributed by atoms with Gasteiger partial charge in [-0.2, -0.15) is 0 Å². The Labute approximate surface area is 94.3 Å². The summed E-state index contributed by atoms with van der Waals surface area (Å²) < 4.78 is 5.43. The molecule has 5 nitrogen and oxygen atoms in total. The van der Waals surface area contributed by atoms with Gasteiger partial charge in [-0.1, -0.05) is 0 Å². The molecule has 0 aromatic heterocycles. The molecular weight excluding hydrogens is 266 g/mol. The van der Waals surface area contributed by atoms with Gasteiger partial charge < -0.3 is 9.53 Å². The summed E-state index contributed by atoms with van der Waals surface area (Å²) in [5.74, 6) is 0.470. The number of nitrogens with zero attached hydrogens (tertiary/aromatic N) is 1. The first-order valence-corrected chi connectivity index (χ1v) is 4.84. The number of methoxy groups -OCH3 is 1. The summed E-state index contributed by atoms with van der Waals surface area (Å²) in [6.45, 7) is 0. The standard InChI is InChI=1S/C9H8BrNO4/c1-15-8-3-2-7(11(13)14)6(4-5-12)9(8)10/h2-3,5H,4H2,1H3. The Hall–Kier alpha value is -1.43. The first-order valence-electron chi connectivity index (χ1n) is 4.05. The maximum Gasteiger partial charge on any atom is 0.274 e. The summed E-state index contributed by atoms with van der Waals surface area (Å²) in [5.41, 5.74) is 0.240. The van der Waals surface area contributed by atoms with E-state index in [4.69, 9.17) is 4.74 Å². The van der Waals surface area contributed by atoms with Gasteiger partial charge in [-0.3, -0.25) is 10.1 Å². The predicted molar refractivity (Wildman–Crippen MR) is 57.1 cm³/mol. The zero-order chi connectivity index (χ0) is 11.4. The maximum atomic E-state index is 10.7. The highest BCUT2D eigenvalue weighted by Gasteiger charge is 2.19. The lowest BCUT2D eigenvalue weighted by atomic mass is 10.1. The van der Waals surface area contributed by atoms with Gasteiger partial charge in [0, 0.05) is 12.5 Å². The number of carbonyl (C=O) groups excluding carboxylic acids is 1. The highest BCUT2D eigenvalue weighted by Crippen LogP contribution is 2.34. The molecule has 1 aromatic rings. The van der Waals surface area contributed by atoms with Crippen molar-refractivity contribution in [1.82, 2.24) is 0 Å². The number of carbonyl (C=O) groups is 1. The van der Waals surface area contributed by atoms with Gasteiger partial charge in [0.15, 0.2) is 0 Å². The number of nitro benzene ring substituents is 1. The summed E-state index contributed by atoms with van der Waals surface area (Å²) in [6.07, 6.45) is 0.598. The van der Waals surface area contributed by atoms with Crippen LogP contribution < -0.4 is 4.74 Å². The quantitative estimate of drug-likeness (QED) is 0.479. The van der Waals surface area contributed by atoms with Gasteiger partial charge in [-0.05, 0) is 22.0 Å². The molecule has 0 N–H and O–H groups in total. The summed E-state index contributed by atoms with van der Waals surface area (Å²) in [5, 5.41) is 10.7. The predicted octanol–water partition coefficient (Wildman–Crippen LogP) is 2.11. The molecule has 0 radical (unpaired) electrons. The fraction of sp³-hybridized carbons (Fsp3) is 0.222. The van der Waals surface area contributed by atoms with Crippen molar-refractivity contribution in [3.8, 4) is 5.75 Å². The first-order chi connectivity index (χ1) is 7.11. The van der Waals surface area contributed by atoms with Crippen LogP contribution in [0.5, 0.6) is 5.75 Å². The third kappa shape index (κ3) is 2.33. The summed E-state index contributed by atoms with van der Waals surface area (Å²) in [7, 11) is 1.45. The molecule has 0 aliphatic rings. The molecule has 0 saturated carbocycles. The summed E-state index contributed by atoms with van der Waals surface area (Å²) in [4.78, 5) is 20.6. The summed E-state index contributed by atoms with van der Waals surface area (Å²) >= 11 is 3.17. The van der Waals surface area contributed by atoms with Crippen molar-refractivity contribution in [3.05, 3.63) is 32.3 Å². The Bertz CT molecular complexity index is 405. The number of halogens is 1. The van der Waals surface area contributed by atoms with E-state index in [9.17, 15) is 14.9 Å². The summed E-state index contributed by atoms with van der Waals surface area (Å²) in [6, 6.07) is 2.80. The van der Waals surface area contributed by atoms with E-state index in [1.807, 2.05) is 0 Å². The lowest BCUT2D eigenvalue weighted by molar-refractivity contribution is -0.385. The number of hydrogen-bond acceptors (Lipinski definition) is 4. The molecule has 0 aliphatic heterocycles. The Morgan fingerprint density at radius 2 is 2.27 bits per heavy atom. The highest BCUT2D eigenvalue weighted by molar-refractivity contribution is 9.10. The van der Waals surface area contributed by atoms with Crippen molar-refractivity contribution in [3.63, 3.8) is 0 Å². The minimum absolute atomic E-state index is 0.0197. The molecule has 0 aliphatic carbocycles. The van der Waals surface area contributed by atoms with Gasteiger partial charge in [0.1, 0.15) is 12.0 Å². The second kappa shape index (κ2) is 4.88. The third-order valence-electron chi connectivity index (χ3n) is 1.89. The van der Waals surface area contributed by atoms with E-state index >= 15 is 0 Å². The Balaban J connectivity index is 3.36. The largest absolute Gasteiger partial charge is 0.496 e. The van der Waals surface area contributed by atoms with E-state index in [1.165, 1.54) is 19.2 Å². The minimum Gasteiger partial charge on any atom is -0.496 e. The monoisotopic (exact) mass is 273 g/mol. The molecule has 80 valence electrons. The average molecular weight is 274 g/mol. The zero-order valence-electron chi connectivity index (χ0n) is 7.90. The third-order valence-corrected chi connectivity index (χ3v) is 2.76. The number of rotatable bonds is 4. The molecule has 0 unspecified atom stereocenters. The lowest BCUT2D eigenvalue weighted by Crippen LogP contribution is -1.99. The highest BCUT2D eigenvalue weighted by atomic mass is 79.9. The van der Waals surface area contributed by atoms with Crippen LogP contribution in [0.3, 0.4) is 0 Å². The van der Waals surface area contributed by atoms with E-state index in [2.05, 4.69) is 15.9 Å². The fourth-order valence-electron chi connectivity index (χ4n) is 1.20. The van der Waals surface area contributed by atoms with Gasteiger partial charge >= 0.3 is 0 Å². The van der Waals surface area contributed by atoms with Crippen molar-refractivity contribution < 1.29 is 14.5 Å². The van der Waals surface area contributed by atoms with Crippen LogP contribution in [0.1, 0.15) is 5.56 Å². The molecule has 1 aromatic carbocycles. The second-order valence-electron chi connectivity index (χ2n) is 2.71. The number of nitro groups is 1. The molecule has 0 spiro atoms. The van der Waals surface area contributed by atoms with Gasteiger partial charge in [0.25, 0.3) is 5.69 Å². The topological polar surface area (TPSA) is 69.4 Å². The molecule has 0 heterocycles. The van der Waals surface area contributed by atoms with Crippen molar-refractivity contribution in [2.45, 2.75) is 6.42 Å². The normalized spacial score (nSPS) is 9.73. The van der Waals surface area contributed by atoms with Crippen LogP contribution in [0, 0.1) is 10.1 Å².